The molecule has 0 radical (unpaired) electrons. The van der Waals surface area contributed by atoms with Gasteiger partial charge < -0.3 is 20.1 Å². The molecule has 0 heterocycles. The number of amides is 1. The highest BCUT2D eigenvalue weighted by Crippen LogP contribution is 2.32. The minimum atomic E-state index is -0.484. The maximum absolute atomic E-state index is 11.8. The molecule has 2 rings (SSSR count). The number of nitrogens with zero attached hydrogens (tertiary/aromatic N) is 1. The number of benzene rings is 1. The summed E-state index contributed by atoms with van der Waals surface area (Å²) in [6.45, 7) is 6.89. The summed E-state index contributed by atoms with van der Waals surface area (Å²) < 4.78 is 10.5. The molecule has 1 aliphatic carbocycles. The quantitative estimate of drug-likeness (QED) is 0.757. The third kappa shape index (κ3) is 7.44. The van der Waals surface area contributed by atoms with Crippen LogP contribution in [0.2, 0.25) is 0 Å². The van der Waals surface area contributed by atoms with Crippen molar-refractivity contribution >= 4 is 6.09 Å². The number of carbonyl (C=O) groups excluding carboxylic acids is 1. The molecule has 1 unspecified atom stereocenters. The fraction of sp³-hybridized carbons (Fsp3) is 0.579. The third-order valence-corrected chi connectivity index (χ3v) is 3.85. The predicted molar refractivity (Wildman–Crippen MR) is 95.1 cm³/mol. The molecule has 1 fully saturated rings. The number of hydrogen-bond acceptors (Lipinski definition) is 5. The first-order valence-electron chi connectivity index (χ1n) is 8.66. The molecule has 1 aromatic carbocycles. The van der Waals surface area contributed by atoms with Crippen LogP contribution in [0.25, 0.3) is 0 Å². The second-order valence-corrected chi connectivity index (χ2v) is 7.30. The van der Waals surface area contributed by atoms with Gasteiger partial charge in [0.1, 0.15) is 17.4 Å². The van der Waals surface area contributed by atoms with Gasteiger partial charge in [-0.3, -0.25) is 0 Å². The Balaban J connectivity index is 1.78. The first kappa shape index (κ1) is 19.1. The van der Waals surface area contributed by atoms with Crippen LogP contribution in [0.4, 0.5) is 4.79 Å². The zero-order valence-corrected chi connectivity index (χ0v) is 15.2. The molecule has 1 amide bonds. The number of nitrogens with one attached hydrogen (secondary N) is 2. The van der Waals surface area contributed by atoms with Crippen molar-refractivity contribution in [2.24, 2.45) is 5.92 Å². The minimum Gasteiger partial charge on any atom is -0.479 e. The molecular weight excluding hydrogens is 318 g/mol. The number of ether oxygens (including phenoxy) is 2. The van der Waals surface area contributed by atoms with E-state index in [2.05, 4.69) is 10.6 Å². The van der Waals surface area contributed by atoms with Crippen molar-refractivity contribution in [2.45, 2.75) is 51.8 Å². The van der Waals surface area contributed by atoms with Gasteiger partial charge in [-0.15, -0.1) is 0 Å². The lowest BCUT2D eigenvalue weighted by atomic mass is 10.1. The van der Waals surface area contributed by atoms with Crippen LogP contribution in [0.1, 0.15) is 39.2 Å². The highest BCUT2D eigenvalue weighted by atomic mass is 16.6. The summed E-state index contributed by atoms with van der Waals surface area (Å²) in [5.41, 5.74) is 0.648. The lowest BCUT2D eigenvalue weighted by Crippen LogP contribution is -2.43. The zero-order valence-electron chi connectivity index (χ0n) is 15.2. The molecular formula is C19H27N3O3. The van der Waals surface area contributed by atoms with Crippen molar-refractivity contribution in [3.8, 4) is 11.8 Å². The molecule has 0 saturated heterocycles. The molecule has 0 aliphatic heterocycles. The second kappa shape index (κ2) is 8.72. The highest BCUT2D eigenvalue weighted by Gasteiger charge is 2.31. The van der Waals surface area contributed by atoms with E-state index in [9.17, 15) is 4.79 Å². The Bertz CT molecular complexity index is 598. The molecule has 0 spiro atoms. The van der Waals surface area contributed by atoms with Crippen molar-refractivity contribution in [3.63, 3.8) is 0 Å². The summed E-state index contributed by atoms with van der Waals surface area (Å²) in [6, 6.07) is 9.86. The van der Waals surface area contributed by atoms with E-state index in [4.69, 9.17) is 14.7 Å². The van der Waals surface area contributed by atoms with Gasteiger partial charge in [-0.1, -0.05) is 12.1 Å². The molecule has 2 N–H and O–H groups in total. The molecule has 0 aromatic heterocycles. The Morgan fingerprint density at radius 3 is 2.56 bits per heavy atom. The average Bonchev–Trinajstić information content (AvgIpc) is 3.37. The molecule has 6 nitrogen and oxygen atoms in total. The highest BCUT2D eigenvalue weighted by molar-refractivity contribution is 5.67. The summed E-state index contributed by atoms with van der Waals surface area (Å²) >= 11 is 0. The van der Waals surface area contributed by atoms with Crippen molar-refractivity contribution in [3.05, 3.63) is 29.8 Å². The Hall–Kier alpha value is -2.26. The topological polar surface area (TPSA) is 83.4 Å². The first-order chi connectivity index (χ1) is 11.9. The largest absolute Gasteiger partial charge is 0.479 e. The van der Waals surface area contributed by atoms with Crippen LogP contribution < -0.4 is 15.4 Å². The van der Waals surface area contributed by atoms with Crippen molar-refractivity contribution in [1.29, 1.82) is 5.26 Å². The minimum absolute atomic E-state index is 0.0533. The summed E-state index contributed by atoms with van der Waals surface area (Å²) in [4.78, 5) is 11.8. The standard InChI is InChI=1S/C19H27N3O3/c1-19(2,3)25-18(23)22-13-17(15-6-7-15)21-12-14-4-8-16(9-5-14)24-11-10-20/h4-5,8-9,15,17,21H,6-7,11-13H2,1-3H3,(H,22,23). The van der Waals surface area contributed by atoms with E-state index in [0.29, 0.717) is 18.2 Å². The van der Waals surface area contributed by atoms with E-state index in [1.165, 1.54) is 12.8 Å². The lowest BCUT2D eigenvalue weighted by Gasteiger charge is -2.22. The van der Waals surface area contributed by atoms with E-state index < -0.39 is 5.60 Å². The Kier molecular flexibility index (Phi) is 6.65. The van der Waals surface area contributed by atoms with Crippen LogP contribution in [-0.4, -0.2) is 30.9 Å². The van der Waals surface area contributed by atoms with Gasteiger partial charge in [0.05, 0.1) is 0 Å². The molecule has 25 heavy (non-hydrogen) atoms. The summed E-state index contributed by atoms with van der Waals surface area (Å²) in [5, 5.41) is 14.9. The van der Waals surface area contributed by atoms with E-state index in [1.807, 2.05) is 51.1 Å². The van der Waals surface area contributed by atoms with Gasteiger partial charge >= 0.3 is 6.09 Å². The lowest BCUT2D eigenvalue weighted by molar-refractivity contribution is 0.0521. The van der Waals surface area contributed by atoms with Crippen LogP contribution in [0.3, 0.4) is 0 Å². The third-order valence-electron chi connectivity index (χ3n) is 3.85. The van der Waals surface area contributed by atoms with Gasteiger partial charge in [0, 0.05) is 19.1 Å². The predicted octanol–water partition coefficient (Wildman–Crippen LogP) is 2.98. The van der Waals surface area contributed by atoms with Gasteiger partial charge in [-0.2, -0.15) is 5.26 Å². The van der Waals surface area contributed by atoms with Crippen LogP contribution in [0.5, 0.6) is 5.75 Å². The second-order valence-electron chi connectivity index (χ2n) is 7.30. The average molecular weight is 345 g/mol. The number of rotatable bonds is 8. The van der Waals surface area contributed by atoms with Gasteiger partial charge in [0.15, 0.2) is 6.61 Å². The van der Waals surface area contributed by atoms with Crippen LogP contribution in [-0.2, 0) is 11.3 Å². The van der Waals surface area contributed by atoms with Gasteiger partial charge in [-0.05, 0) is 57.2 Å². The SMILES string of the molecule is CC(C)(C)OC(=O)NCC(NCc1ccc(OCC#N)cc1)C1CC1. The number of nitriles is 1. The molecule has 136 valence electrons. The van der Waals surface area contributed by atoms with E-state index in [-0.39, 0.29) is 18.7 Å². The summed E-state index contributed by atoms with van der Waals surface area (Å²) in [6.07, 6.45) is 2.00. The van der Waals surface area contributed by atoms with Crippen molar-refractivity contribution in [1.82, 2.24) is 10.6 Å². The fourth-order valence-corrected chi connectivity index (χ4v) is 2.48. The van der Waals surface area contributed by atoms with Gasteiger partial charge in [0.2, 0.25) is 0 Å². The maximum atomic E-state index is 11.8. The molecule has 6 heteroatoms. The summed E-state index contributed by atoms with van der Waals surface area (Å²) in [7, 11) is 0. The Labute approximate surface area is 149 Å². The number of hydrogen-bond donors (Lipinski definition) is 2. The first-order valence-corrected chi connectivity index (χ1v) is 8.66. The molecule has 0 bridgehead atoms. The summed E-state index contributed by atoms with van der Waals surface area (Å²) in [5.74, 6) is 1.30. The Morgan fingerprint density at radius 1 is 1.32 bits per heavy atom. The van der Waals surface area contributed by atoms with Crippen molar-refractivity contribution in [2.75, 3.05) is 13.2 Å². The van der Waals surface area contributed by atoms with Crippen LogP contribution >= 0.6 is 0 Å². The normalized spacial score (nSPS) is 15.1. The van der Waals surface area contributed by atoms with E-state index in [1.54, 1.807) is 0 Å². The van der Waals surface area contributed by atoms with Gasteiger partial charge in [0.25, 0.3) is 0 Å². The number of alkyl carbamates (subject to hydrolysis) is 1. The molecule has 1 aromatic rings. The molecule has 1 aliphatic rings. The van der Waals surface area contributed by atoms with Crippen LogP contribution in [0, 0.1) is 17.2 Å². The van der Waals surface area contributed by atoms with E-state index >= 15 is 0 Å². The zero-order chi connectivity index (χ0) is 18.3. The maximum Gasteiger partial charge on any atom is 0.407 e. The number of carbonyl (C=O) groups is 1. The Morgan fingerprint density at radius 2 is 2.00 bits per heavy atom. The molecule has 1 saturated carbocycles. The molecule has 1 atom stereocenters. The smallest absolute Gasteiger partial charge is 0.407 e. The van der Waals surface area contributed by atoms with Crippen LogP contribution in [0.15, 0.2) is 24.3 Å². The monoisotopic (exact) mass is 345 g/mol. The van der Waals surface area contributed by atoms with E-state index in [0.717, 1.165) is 12.1 Å². The fourth-order valence-electron chi connectivity index (χ4n) is 2.48. The van der Waals surface area contributed by atoms with Gasteiger partial charge in [-0.25, -0.2) is 4.79 Å². The van der Waals surface area contributed by atoms with Crippen molar-refractivity contribution < 1.29 is 14.3 Å².